The molecule has 0 bridgehead atoms. The number of carbonyl (C=O) groups is 2. The molecular formula is C25H27NO4S. The fourth-order valence-corrected chi connectivity index (χ4v) is 4.14. The maximum atomic E-state index is 12.6. The topological polar surface area (TPSA) is 64.6 Å². The van der Waals surface area contributed by atoms with Gasteiger partial charge in [-0.05, 0) is 49.9 Å². The van der Waals surface area contributed by atoms with Crippen LogP contribution in [-0.2, 0) is 9.53 Å². The Kier molecular flexibility index (Phi) is 7.84. The number of anilines is 1. The fraction of sp³-hybridized carbons (Fsp3) is 0.280. The lowest BCUT2D eigenvalue weighted by Crippen LogP contribution is -2.15. The van der Waals surface area contributed by atoms with Crippen molar-refractivity contribution >= 4 is 28.2 Å². The number of ether oxygens (including phenoxy) is 2. The summed E-state index contributed by atoms with van der Waals surface area (Å²) in [5.41, 5.74) is 4.35. The van der Waals surface area contributed by atoms with Gasteiger partial charge in [-0.15, -0.1) is 11.3 Å². The number of nitrogens with one attached hydrogen (secondary N) is 1. The lowest BCUT2D eigenvalue weighted by atomic mass is 10.0. The summed E-state index contributed by atoms with van der Waals surface area (Å²) in [6.45, 7) is 6.55. The Hall–Kier alpha value is -3.12. The molecule has 162 valence electrons. The van der Waals surface area contributed by atoms with E-state index in [0.29, 0.717) is 30.0 Å². The minimum absolute atomic E-state index is 0.156. The van der Waals surface area contributed by atoms with Crippen molar-refractivity contribution in [1.82, 2.24) is 0 Å². The van der Waals surface area contributed by atoms with Crippen LogP contribution in [0.15, 0.2) is 53.9 Å². The second kappa shape index (κ2) is 10.8. The molecule has 1 aromatic heterocycles. The highest BCUT2D eigenvalue weighted by atomic mass is 32.1. The van der Waals surface area contributed by atoms with Crippen molar-refractivity contribution in [3.05, 3.63) is 70.6 Å². The predicted molar refractivity (Wildman–Crippen MR) is 125 cm³/mol. The van der Waals surface area contributed by atoms with Crippen molar-refractivity contribution in [3.8, 4) is 16.9 Å². The largest absolute Gasteiger partial charge is 0.493 e. The molecule has 1 amide bonds. The lowest BCUT2D eigenvalue weighted by Gasteiger charge is -2.11. The summed E-state index contributed by atoms with van der Waals surface area (Å²) in [5.74, 6) is 0.253. The summed E-state index contributed by atoms with van der Waals surface area (Å²) in [6, 6.07) is 15.5. The van der Waals surface area contributed by atoms with Gasteiger partial charge in [0.25, 0.3) is 0 Å². The van der Waals surface area contributed by atoms with Gasteiger partial charge in [0.1, 0.15) is 16.3 Å². The third-order valence-corrected chi connectivity index (χ3v) is 5.86. The monoisotopic (exact) mass is 437 g/mol. The number of rotatable bonds is 9. The zero-order valence-electron chi connectivity index (χ0n) is 18.1. The van der Waals surface area contributed by atoms with Gasteiger partial charge in [-0.2, -0.15) is 0 Å². The van der Waals surface area contributed by atoms with Crippen LogP contribution in [0.4, 0.5) is 5.00 Å². The second-order valence-electron chi connectivity index (χ2n) is 7.14. The van der Waals surface area contributed by atoms with Crippen LogP contribution in [-0.4, -0.2) is 25.1 Å². The smallest absolute Gasteiger partial charge is 0.341 e. The van der Waals surface area contributed by atoms with Crippen molar-refractivity contribution in [2.75, 3.05) is 18.5 Å². The summed E-state index contributed by atoms with van der Waals surface area (Å²) in [7, 11) is 0. The molecule has 1 heterocycles. The first-order chi connectivity index (χ1) is 15.0. The number of esters is 1. The van der Waals surface area contributed by atoms with Gasteiger partial charge in [0, 0.05) is 17.4 Å². The molecule has 0 spiro atoms. The number of amides is 1. The summed E-state index contributed by atoms with van der Waals surface area (Å²) in [4.78, 5) is 25.1. The molecule has 1 N–H and O–H groups in total. The third-order valence-electron chi connectivity index (χ3n) is 4.97. The van der Waals surface area contributed by atoms with Crippen molar-refractivity contribution in [3.63, 3.8) is 0 Å². The Morgan fingerprint density at radius 2 is 1.81 bits per heavy atom. The van der Waals surface area contributed by atoms with Crippen molar-refractivity contribution < 1.29 is 19.1 Å². The van der Waals surface area contributed by atoms with Crippen LogP contribution in [0.3, 0.4) is 0 Å². The molecule has 5 nitrogen and oxygen atoms in total. The van der Waals surface area contributed by atoms with Gasteiger partial charge < -0.3 is 14.8 Å². The van der Waals surface area contributed by atoms with Gasteiger partial charge >= 0.3 is 5.97 Å². The Morgan fingerprint density at radius 1 is 1.03 bits per heavy atom. The van der Waals surface area contributed by atoms with Gasteiger partial charge in [0.05, 0.1) is 13.2 Å². The molecule has 0 saturated carbocycles. The van der Waals surface area contributed by atoms with Crippen molar-refractivity contribution in [2.45, 2.75) is 33.6 Å². The molecule has 0 fully saturated rings. The van der Waals surface area contributed by atoms with E-state index in [1.165, 1.54) is 16.9 Å². The Balaban J connectivity index is 1.63. The number of hydrogen-bond donors (Lipinski definition) is 1. The summed E-state index contributed by atoms with van der Waals surface area (Å²) < 4.78 is 11.1. The predicted octanol–water partition coefficient (Wildman–Crippen LogP) is 6.01. The highest BCUT2D eigenvalue weighted by Gasteiger charge is 2.22. The molecule has 3 aromatic rings. The van der Waals surface area contributed by atoms with E-state index in [-0.39, 0.29) is 12.5 Å². The normalized spacial score (nSPS) is 10.5. The average Bonchev–Trinajstić information content (AvgIpc) is 3.18. The number of thiophene rings is 1. The average molecular weight is 438 g/mol. The van der Waals surface area contributed by atoms with Crippen LogP contribution in [0.1, 0.15) is 41.3 Å². The van der Waals surface area contributed by atoms with E-state index in [2.05, 4.69) is 5.32 Å². The lowest BCUT2D eigenvalue weighted by molar-refractivity contribution is -0.116. The molecule has 3 rings (SSSR count). The Bertz CT molecular complexity index is 1040. The zero-order chi connectivity index (χ0) is 22.2. The van der Waals surface area contributed by atoms with E-state index >= 15 is 0 Å². The maximum absolute atomic E-state index is 12.6. The first kappa shape index (κ1) is 22.6. The van der Waals surface area contributed by atoms with E-state index in [9.17, 15) is 9.59 Å². The van der Waals surface area contributed by atoms with Crippen molar-refractivity contribution in [2.24, 2.45) is 0 Å². The number of hydrogen-bond acceptors (Lipinski definition) is 5. The minimum Gasteiger partial charge on any atom is -0.493 e. The quantitative estimate of drug-likeness (QED) is 0.329. The van der Waals surface area contributed by atoms with Crippen LogP contribution in [0.25, 0.3) is 11.1 Å². The van der Waals surface area contributed by atoms with Gasteiger partial charge in [0.15, 0.2) is 0 Å². The summed E-state index contributed by atoms with van der Waals surface area (Å²) >= 11 is 1.33. The summed E-state index contributed by atoms with van der Waals surface area (Å²) in [6.07, 6.45) is 0.872. The van der Waals surface area contributed by atoms with E-state index in [1.54, 1.807) is 6.92 Å². The van der Waals surface area contributed by atoms with E-state index in [0.717, 1.165) is 22.4 Å². The number of carbonyl (C=O) groups excluding carboxylic acids is 2. The molecule has 0 aliphatic heterocycles. The number of benzene rings is 2. The maximum Gasteiger partial charge on any atom is 0.341 e. The fourth-order valence-electron chi connectivity index (χ4n) is 3.17. The van der Waals surface area contributed by atoms with Gasteiger partial charge in [-0.3, -0.25) is 4.79 Å². The van der Waals surface area contributed by atoms with Gasteiger partial charge in [0.2, 0.25) is 5.91 Å². The first-order valence-corrected chi connectivity index (χ1v) is 11.2. The van der Waals surface area contributed by atoms with E-state index in [1.807, 2.05) is 67.8 Å². The number of aryl methyl sites for hydroxylation is 1. The molecule has 31 heavy (non-hydrogen) atoms. The zero-order valence-corrected chi connectivity index (χ0v) is 18.9. The second-order valence-corrected chi connectivity index (χ2v) is 8.02. The van der Waals surface area contributed by atoms with E-state index < -0.39 is 5.97 Å². The van der Waals surface area contributed by atoms with Gasteiger partial charge in [-0.1, -0.05) is 42.5 Å². The highest BCUT2D eigenvalue weighted by Crippen LogP contribution is 2.36. The molecule has 6 heteroatoms. The molecular weight excluding hydrogens is 410 g/mol. The molecule has 2 aromatic carbocycles. The first-order valence-electron chi connectivity index (χ1n) is 10.3. The third kappa shape index (κ3) is 5.73. The minimum atomic E-state index is -0.434. The Morgan fingerprint density at radius 3 is 2.55 bits per heavy atom. The molecule has 0 aliphatic carbocycles. The SMILES string of the molecule is CCOC(=O)c1c(-c2ccccc2)csc1NC(=O)CCCOc1cccc(C)c1C. The molecule has 0 aliphatic rings. The van der Waals surface area contributed by atoms with Crippen molar-refractivity contribution in [1.29, 1.82) is 0 Å². The Labute approximate surface area is 187 Å². The molecule has 0 saturated heterocycles. The molecule has 0 unspecified atom stereocenters. The van der Waals surface area contributed by atoms with Gasteiger partial charge in [-0.25, -0.2) is 4.79 Å². The molecule has 0 radical (unpaired) electrons. The van der Waals surface area contributed by atoms with Crippen LogP contribution in [0.2, 0.25) is 0 Å². The summed E-state index contributed by atoms with van der Waals surface area (Å²) in [5, 5.41) is 5.27. The van der Waals surface area contributed by atoms with E-state index in [4.69, 9.17) is 9.47 Å². The van der Waals surface area contributed by atoms with Crippen LogP contribution in [0.5, 0.6) is 5.75 Å². The standard InChI is InChI=1S/C25H27NO4S/c1-4-29-25(28)23-20(19-11-6-5-7-12-19)16-31-24(23)26-22(27)14-9-15-30-21-13-8-10-17(2)18(21)3/h5-8,10-13,16H,4,9,14-15H2,1-3H3,(H,26,27). The van der Waals surface area contributed by atoms with Crippen LogP contribution in [0, 0.1) is 13.8 Å². The van der Waals surface area contributed by atoms with Crippen LogP contribution < -0.4 is 10.1 Å². The van der Waals surface area contributed by atoms with Crippen LogP contribution >= 0.6 is 11.3 Å². The molecule has 0 atom stereocenters. The highest BCUT2D eigenvalue weighted by molar-refractivity contribution is 7.15.